The third-order valence-electron chi connectivity index (χ3n) is 3.57. The van der Waals surface area contributed by atoms with Crippen LogP contribution in [0.1, 0.15) is 30.9 Å². The van der Waals surface area contributed by atoms with Gasteiger partial charge in [0.2, 0.25) is 5.91 Å². The number of rotatable bonds is 6. The summed E-state index contributed by atoms with van der Waals surface area (Å²) < 4.78 is 24.6. The molecule has 1 heterocycles. The molecule has 5 nitrogen and oxygen atoms in total. The largest absolute Gasteiger partial charge is 0.381 e. The second kappa shape index (κ2) is 8.82. The van der Waals surface area contributed by atoms with E-state index in [2.05, 4.69) is 5.32 Å². The lowest BCUT2D eigenvalue weighted by Crippen LogP contribution is -2.30. The first kappa shape index (κ1) is 17.7. The summed E-state index contributed by atoms with van der Waals surface area (Å²) in [5.74, 6) is -1.01. The number of ether oxygens (including phenoxy) is 2. The molecule has 1 aromatic carbocycles. The molecule has 1 unspecified atom stereocenters. The monoisotopic (exact) mass is 340 g/mol. The third kappa shape index (κ3) is 5.17. The van der Waals surface area contributed by atoms with E-state index in [0.717, 1.165) is 12.8 Å². The first-order chi connectivity index (χ1) is 11.1. The van der Waals surface area contributed by atoms with Crippen molar-refractivity contribution in [3.05, 3.63) is 34.6 Å². The number of hydrogen-bond donors (Lipinski definition) is 1. The molecule has 0 aromatic heterocycles. The Labute approximate surface area is 139 Å². The third-order valence-corrected chi connectivity index (χ3v) is 3.90. The van der Waals surface area contributed by atoms with Crippen LogP contribution in [0, 0.1) is 17.1 Å². The highest BCUT2D eigenvalue weighted by Gasteiger charge is 2.21. The Morgan fingerprint density at radius 2 is 2.26 bits per heavy atom. The van der Waals surface area contributed by atoms with Gasteiger partial charge in [-0.05, 0) is 25.0 Å². The number of hydrogen-bond acceptors (Lipinski definition) is 4. The van der Waals surface area contributed by atoms with E-state index in [9.17, 15) is 14.4 Å². The number of nitriles is 1. The molecule has 0 spiro atoms. The molecular weight excluding hydrogens is 323 g/mol. The predicted octanol–water partition coefficient (Wildman–Crippen LogP) is 2.75. The Kier molecular flexibility index (Phi) is 6.78. The van der Waals surface area contributed by atoms with E-state index in [0.29, 0.717) is 13.2 Å². The molecule has 1 aromatic rings. The predicted molar refractivity (Wildman–Crippen MR) is 82.3 cm³/mol. The first-order valence-corrected chi connectivity index (χ1v) is 7.82. The van der Waals surface area contributed by atoms with Crippen LogP contribution in [0.25, 0.3) is 0 Å². The van der Waals surface area contributed by atoms with E-state index in [1.54, 1.807) is 0 Å². The average Bonchev–Trinajstić information content (AvgIpc) is 2.54. The average molecular weight is 341 g/mol. The van der Waals surface area contributed by atoms with Crippen molar-refractivity contribution in [3.8, 4) is 6.07 Å². The maximum absolute atomic E-state index is 13.8. The smallest absolute Gasteiger partial charge is 0.223 e. The van der Waals surface area contributed by atoms with Gasteiger partial charge in [0.25, 0.3) is 0 Å². The van der Waals surface area contributed by atoms with Crippen molar-refractivity contribution in [2.24, 2.45) is 0 Å². The van der Waals surface area contributed by atoms with E-state index >= 15 is 0 Å². The van der Waals surface area contributed by atoms with Gasteiger partial charge in [0, 0.05) is 23.8 Å². The number of halogens is 2. The molecular formula is C16H18ClFN2O3. The van der Waals surface area contributed by atoms with Crippen LogP contribution in [0.4, 0.5) is 4.39 Å². The summed E-state index contributed by atoms with van der Waals surface area (Å²) in [6.07, 6.45) is 1.83. The van der Waals surface area contributed by atoms with Crippen molar-refractivity contribution in [1.82, 2.24) is 5.32 Å². The van der Waals surface area contributed by atoms with Crippen molar-refractivity contribution in [1.29, 1.82) is 5.26 Å². The molecule has 0 radical (unpaired) electrons. The quantitative estimate of drug-likeness (QED) is 0.864. The maximum Gasteiger partial charge on any atom is 0.223 e. The summed E-state index contributed by atoms with van der Waals surface area (Å²) in [6, 6.07) is 4.85. The fourth-order valence-electron chi connectivity index (χ4n) is 2.35. The molecule has 0 aliphatic carbocycles. The normalized spacial score (nSPS) is 16.6. The molecule has 1 saturated heterocycles. The second-order valence-corrected chi connectivity index (χ2v) is 5.60. The Morgan fingerprint density at radius 1 is 1.52 bits per heavy atom. The molecule has 7 heteroatoms. The molecule has 1 aliphatic rings. The van der Waals surface area contributed by atoms with Crippen LogP contribution >= 0.6 is 11.6 Å². The van der Waals surface area contributed by atoms with E-state index < -0.39 is 11.9 Å². The first-order valence-electron chi connectivity index (χ1n) is 7.44. The van der Waals surface area contributed by atoms with Crippen LogP contribution < -0.4 is 5.32 Å². The summed E-state index contributed by atoms with van der Waals surface area (Å²) >= 11 is 5.91. The van der Waals surface area contributed by atoms with Crippen LogP contribution in [-0.2, 0) is 14.3 Å². The van der Waals surface area contributed by atoms with Gasteiger partial charge in [0.1, 0.15) is 11.9 Å². The number of carbonyl (C=O) groups is 1. The van der Waals surface area contributed by atoms with Gasteiger partial charge in [-0.1, -0.05) is 17.7 Å². The molecule has 23 heavy (non-hydrogen) atoms. The van der Waals surface area contributed by atoms with Crippen molar-refractivity contribution >= 4 is 17.5 Å². The number of carbonyl (C=O) groups excluding carboxylic acids is 1. The van der Waals surface area contributed by atoms with Crippen LogP contribution in [0.15, 0.2) is 18.2 Å². The Morgan fingerprint density at radius 3 is 2.91 bits per heavy atom. The van der Waals surface area contributed by atoms with Crippen molar-refractivity contribution in [3.63, 3.8) is 0 Å². The minimum atomic E-state index is -1.13. The van der Waals surface area contributed by atoms with E-state index in [4.69, 9.17) is 21.1 Å². The molecule has 0 bridgehead atoms. The number of nitrogens with zero attached hydrogens (tertiary/aromatic N) is 1. The van der Waals surface area contributed by atoms with E-state index in [1.165, 1.54) is 18.2 Å². The zero-order valence-electron chi connectivity index (χ0n) is 12.6. The second-order valence-electron chi connectivity index (χ2n) is 5.20. The van der Waals surface area contributed by atoms with Crippen molar-refractivity contribution in [2.75, 3.05) is 19.8 Å². The molecule has 1 amide bonds. The lowest BCUT2D eigenvalue weighted by atomic mass is 10.1. The lowest BCUT2D eigenvalue weighted by molar-refractivity contribution is -0.123. The fraction of sp³-hybridized carbons (Fsp3) is 0.500. The molecule has 1 fully saturated rings. The molecule has 1 atom stereocenters. The summed E-state index contributed by atoms with van der Waals surface area (Å²) in [5, 5.41) is 11.8. The highest BCUT2D eigenvalue weighted by Crippen LogP contribution is 2.25. The van der Waals surface area contributed by atoms with Crippen LogP contribution in [0.3, 0.4) is 0 Å². The lowest BCUT2D eigenvalue weighted by Gasteiger charge is -2.22. The van der Waals surface area contributed by atoms with Crippen molar-refractivity contribution < 1.29 is 18.7 Å². The highest BCUT2D eigenvalue weighted by molar-refractivity contribution is 6.31. The number of amides is 1. The van der Waals surface area contributed by atoms with Gasteiger partial charge in [0.05, 0.1) is 25.2 Å². The summed E-state index contributed by atoms with van der Waals surface area (Å²) in [4.78, 5) is 11.9. The Hall–Kier alpha value is -1.68. The summed E-state index contributed by atoms with van der Waals surface area (Å²) in [5.41, 5.74) is -0.0182. The number of benzene rings is 1. The van der Waals surface area contributed by atoms with Crippen LogP contribution in [0.2, 0.25) is 5.02 Å². The van der Waals surface area contributed by atoms with Gasteiger partial charge in [-0.2, -0.15) is 5.26 Å². The summed E-state index contributed by atoms with van der Waals surface area (Å²) in [6.45, 7) is 1.58. The van der Waals surface area contributed by atoms with Crippen molar-refractivity contribution in [2.45, 2.75) is 31.4 Å². The molecule has 0 saturated carbocycles. The van der Waals surface area contributed by atoms with Crippen LogP contribution in [-0.4, -0.2) is 31.8 Å². The zero-order chi connectivity index (χ0) is 16.7. The van der Waals surface area contributed by atoms with Gasteiger partial charge in [-0.3, -0.25) is 4.79 Å². The van der Waals surface area contributed by atoms with Gasteiger partial charge in [0.15, 0.2) is 0 Å². The zero-order valence-corrected chi connectivity index (χ0v) is 13.3. The van der Waals surface area contributed by atoms with Crippen LogP contribution in [0.5, 0.6) is 0 Å². The fourth-order valence-corrected chi connectivity index (χ4v) is 2.62. The molecule has 2 rings (SSSR count). The van der Waals surface area contributed by atoms with E-state index in [-0.39, 0.29) is 35.6 Å². The summed E-state index contributed by atoms with van der Waals surface area (Å²) in [7, 11) is 0. The maximum atomic E-state index is 13.8. The minimum absolute atomic E-state index is 0.0182. The topological polar surface area (TPSA) is 71.4 Å². The van der Waals surface area contributed by atoms with Gasteiger partial charge in [-0.15, -0.1) is 0 Å². The molecule has 124 valence electrons. The van der Waals surface area contributed by atoms with Gasteiger partial charge in [-0.25, -0.2) is 4.39 Å². The molecule has 1 N–H and O–H groups in total. The minimum Gasteiger partial charge on any atom is -0.381 e. The Bertz CT molecular complexity index is 565. The van der Waals surface area contributed by atoms with E-state index in [1.807, 2.05) is 6.07 Å². The highest BCUT2D eigenvalue weighted by atomic mass is 35.5. The standard InChI is InChI=1S/C16H18ClFN2O3/c17-12-2-1-3-13(18)16(12)14(10-19)20-15(21)6-9-23-11-4-7-22-8-5-11/h1-3,11,14H,4-9H2,(H,20,21). The van der Waals surface area contributed by atoms with Gasteiger partial charge < -0.3 is 14.8 Å². The number of nitrogens with one attached hydrogen (secondary N) is 1. The Balaban J connectivity index is 1.84. The van der Waals surface area contributed by atoms with Gasteiger partial charge >= 0.3 is 0 Å². The molecule has 1 aliphatic heterocycles. The SMILES string of the molecule is N#CC(NC(=O)CCOC1CCOCC1)c1c(F)cccc1Cl.